The summed E-state index contributed by atoms with van der Waals surface area (Å²) in [7, 11) is 2.22. The molecule has 5 heteroatoms. The molecule has 5 nitrogen and oxygen atoms in total. The van der Waals surface area contributed by atoms with E-state index >= 15 is 0 Å². The maximum absolute atomic E-state index is 9.47. The molecule has 2 aromatic rings. The number of aryl methyl sites for hydroxylation is 2. The van der Waals surface area contributed by atoms with Crippen LogP contribution in [-0.4, -0.2) is 78.9 Å². The fourth-order valence-electron chi connectivity index (χ4n) is 5.23. The highest BCUT2D eigenvalue weighted by Crippen LogP contribution is 2.34. The topological polar surface area (TPSA) is 42.8 Å². The third-order valence-corrected chi connectivity index (χ3v) is 7.19. The molecule has 1 N–H and O–H groups in total. The van der Waals surface area contributed by atoms with Gasteiger partial charge in [0.2, 0.25) is 0 Å². The number of aromatic nitrogens is 1. The monoisotopic (exact) mass is 396 g/mol. The molecule has 2 fully saturated rings. The molecule has 0 bridgehead atoms. The van der Waals surface area contributed by atoms with E-state index in [1.54, 1.807) is 0 Å². The number of pyridine rings is 1. The zero-order valence-electron chi connectivity index (χ0n) is 18.3. The van der Waals surface area contributed by atoms with Gasteiger partial charge >= 0.3 is 0 Å². The Morgan fingerprint density at radius 2 is 1.86 bits per heavy atom. The Hall–Kier alpha value is -1.69. The summed E-state index contributed by atoms with van der Waals surface area (Å²) in [5.74, 6) is 0.606. The van der Waals surface area contributed by atoms with E-state index in [2.05, 4.69) is 58.8 Å². The second-order valence-corrected chi connectivity index (χ2v) is 9.00. The first-order chi connectivity index (χ1) is 14.1. The average Bonchev–Trinajstić information content (AvgIpc) is 2.75. The van der Waals surface area contributed by atoms with Gasteiger partial charge in [-0.25, -0.2) is 0 Å². The number of fused-ring (bicyclic) bond motifs is 1. The van der Waals surface area contributed by atoms with Crippen LogP contribution in [0.3, 0.4) is 0 Å². The lowest BCUT2D eigenvalue weighted by atomic mass is 9.86. The van der Waals surface area contributed by atoms with Gasteiger partial charge in [0.05, 0.1) is 5.52 Å². The zero-order valence-corrected chi connectivity index (χ0v) is 18.3. The predicted molar refractivity (Wildman–Crippen MR) is 121 cm³/mol. The van der Waals surface area contributed by atoms with Crippen molar-refractivity contribution >= 4 is 16.6 Å². The summed E-state index contributed by atoms with van der Waals surface area (Å²) in [5.41, 5.74) is 5.05. The highest BCUT2D eigenvalue weighted by Gasteiger charge is 2.34. The first kappa shape index (κ1) is 20.6. The first-order valence-corrected chi connectivity index (χ1v) is 11.2. The molecule has 0 saturated carbocycles. The molecule has 1 aromatic carbocycles. The van der Waals surface area contributed by atoms with Gasteiger partial charge in [0.25, 0.3) is 0 Å². The Kier molecular flexibility index (Phi) is 6.38. The normalized spacial score (nSPS) is 24.3. The van der Waals surface area contributed by atoms with E-state index in [1.807, 2.05) is 6.20 Å². The molecule has 158 valence electrons. The van der Waals surface area contributed by atoms with E-state index in [0.29, 0.717) is 18.6 Å². The molecular weight excluding hydrogens is 360 g/mol. The van der Waals surface area contributed by atoms with E-state index in [-0.39, 0.29) is 0 Å². The number of aliphatic hydroxyl groups excluding tert-OH is 1. The summed E-state index contributed by atoms with van der Waals surface area (Å²) in [4.78, 5) is 12.4. The average molecular weight is 397 g/mol. The highest BCUT2D eigenvalue weighted by molar-refractivity contribution is 5.94. The SMILES string of the molecule is Cc1ccc2c(N3CC[C@H](N4CCN(C)CC4)[C@H](CCCO)C3)ccnc2c1C. The molecule has 0 amide bonds. The molecule has 29 heavy (non-hydrogen) atoms. The number of anilines is 1. The fraction of sp³-hybridized carbons (Fsp3) is 0.625. The van der Waals surface area contributed by atoms with Gasteiger partial charge in [-0.15, -0.1) is 0 Å². The van der Waals surface area contributed by atoms with Crippen molar-refractivity contribution in [1.29, 1.82) is 0 Å². The van der Waals surface area contributed by atoms with Gasteiger partial charge < -0.3 is 14.9 Å². The molecule has 3 heterocycles. The lowest BCUT2D eigenvalue weighted by Gasteiger charge is -2.47. The van der Waals surface area contributed by atoms with Gasteiger partial charge in [0, 0.05) is 69.2 Å². The Bertz CT molecular complexity index is 831. The number of rotatable bonds is 5. The van der Waals surface area contributed by atoms with Crippen molar-refractivity contribution in [2.75, 3.05) is 57.8 Å². The van der Waals surface area contributed by atoms with Crippen molar-refractivity contribution in [2.24, 2.45) is 5.92 Å². The number of benzene rings is 1. The lowest BCUT2D eigenvalue weighted by Crippen LogP contribution is -2.56. The molecule has 1 aromatic heterocycles. The van der Waals surface area contributed by atoms with Gasteiger partial charge in [-0.3, -0.25) is 9.88 Å². The van der Waals surface area contributed by atoms with Crippen LogP contribution in [0.5, 0.6) is 0 Å². The van der Waals surface area contributed by atoms with Crippen LogP contribution in [0, 0.1) is 19.8 Å². The van der Waals surface area contributed by atoms with Crippen LogP contribution < -0.4 is 4.90 Å². The van der Waals surface area contributed by atoms with Crippen LogP contribution in [0.1, 0.15) is 30.4 Å². The summed E-state index contributed by atoms with van der Waals surface area (Å²) >= 11 is 0. The third-order valence-electron chi connectivity index (χ3n) is 7.19. The van der Waals surface area contributed by atoms with Crippen molar-refractivity contribution in [2.45, 2.75) is 39.2 Å². The first-order valence-electron chi connectivity index (χ1n) is 11.2. The van der Waals surface area contributed by atoms with Gasteiger partial charge in [0.1, 0.15) is 0 Å². The molecule has 2 saturated heterocycles. The lowest BCUT2D eigenvalue weighted by molar-refractivity contribution is 0.0639. The highest BCUT2D eigenvalue weighted by atomic mass is 16.2. The standard InChI is InChI=1S/C24H36N4O/c1-18-6-7-21-23(8-10-25-24(21)19(18)2)28-11-9-22(20(17-28)5-4-16-29)27-14-12-26(3)13-15-27/h6-8,10,20,22,29H,4-5,9,11-17H2,1-3H3/t20-,22+/m1/s1. The summed E-state index contributed by atoms with van der Waals surface area (Å²) in [6, 6.07) is 7.30. The third kappa shape index (κ3) is 4.27. The molecule has 0 aliphatic carbocycles. The number of piperazine rings is 1. The maximum atomic E-state index is 9.47. The molecule has 4 rings (SSSR count). The van der Waals surface area contributed by atoms with E-state index in [0.717, 1.165) is 31.4 Å². The van der Waals surface area contributed by atoms with Crippen molar-refractivity contribution < 1.29 is 5.11 Å². The Morgan fingerprint density at radius 3 is 2.62 bits per heavy atom. The minimum atomic E-state index is 0.294. The number of hydrogen-bond acceptors (Lipinski definition) is 5. The Labute approximate surface area is 175 Å². The van der Waals surface area contributed by atoms with E-state index in [1.165, 1.54) is 54.8 Å². The van der Waals surface area contributed by atoms with Crippen molar-refractivity contribution in [3.63, 3.8) is 0 Å². The van der Waals surface area contributed by atoms with Crippen molar-refractivity contribution in [3.8, 4) is 0 Å². The number of aliphatic hydroxyl groups is 1. The molecule has 2 atom stereocenters. The molecule has 2 aliphatic heterocycles. The quantitative estimate of drug-likeness (QED) is 0.841. The summed E-state index contributed by atoms with van der Waals surface area (Å²) < 4.78 is 0. The second-order valence-electron chi connectivity index (χ2n) is 9.00. The van der Waals surface area contributed by atoms with E-state index in [4.69, 9.17) is 0 Å². The van der Waals surface area contributed by atoms with E-state index < -0.39 is 0 Å². The molecular formula is C24H36N4O. The maximum Gasteiger partial charge on any atom is 0.0754 e. The van der Waals surface area contributed by atoms with Gasteiger partial charge in [-0.2, -0.15) is 0 Å². The summed E-state index contributed by atoms with van der Waals surface area (Å²) in [6.07, 6.45) is 5.18. The van der Waals surface area contributed by atoms with Crippen LogP contribution in [0.15, 0.2) is 24.4 Å². The number of piperidine rings is 1. The van der Waals surface area contributed by atoms with Crippen molar-refractivity contribution in [1.82, 2.24) is 14.8 Å². The minimum Gasteiger partial charge on any atom is -0.396 e. The van der Waals surface area contributed by atoms with Crippen molar-refractivity contribution in [3.05, 3.63) is 35.5 Å². The van der Waals surface area contributed by atoms with Gasteiger partial charge in [0.15, 0.2) is 0 Å². The van der Waals surface area contributed by atoms with Crippen LogP contribution >= 0.6 is 0 Å². The van der Waals surface area contributed by atoms with Crippen LogP contribution in [0.25, 0.3) is 10.9 Å². The minimum absolute atomic E-state index is 0.294. The number of hydrogen-bond donors (Lipinski definition) is 1. The number of nitrogens with zero attached hydrogens (tertiary/aromatic N) is 4. The molecule has 2 aliphatic rings. The Balaban J connectivity index is 1.57. The van der Waals surface area contributed by atoms with Gasteiger partial charge in [-0.05, 0) is 63.3 Å². The second kappa shape index (κ2) is 8.99. The zero-order chi connectivity index (χ0) is 20.4. The van der Waals surface area contributed by atoms with Crippen LogP contribution in [0.2, 0.25) is 0 Å². The molecule has 0 unspecified atom stereocenters. The fourth-order valence-corrected chi connectivity index (χ4v) is 5.23. The Morgan fingerprint density at radius 1 is 1.07 bits per heavy atom. The number of likely N-dealkylation sites (N-methyl/N-ethyl adjacent to an activating group) is 1. The predicted octanol–water partition coefficient (Wildman–Crippen LogP) is 3.07. The molecule has 0 radical (unpaired) electrons. The largest absolute Gasteiger partial charge is 0.396 e. The summed E-state index contributed by atoms with van der Waals surface area (Å²) in [5, 5.41) is 10.7. The molecule has 0 spiro atoms. The summed E-state index contributed by atoms with van der Waals surface area (Å²) in [6.45, 7) is 11.5. The van der Waals surface area contributed by atoms with Crippen LogP contribution in [-0.2, 0) is 0 Å². The van der Waals surface area contributed by atoms with Gasteiger partial charge in [-0.1, -0.05) is 12.1 Å². The van der Waals surface area contributed by atoms with Crippen LogP contribution in [0.4, 0.5) is 5.69 Å². The smallest absolute Gasteiger partial charge is 0.0754 e. The van der Waals surface area contributed by atoms with E-state index in [9.17, 15) is 5.11 Å².